The van der Waals surface area contributed by atoms with E-state index in [1.807, 2.05) is 38.2 Å². The predicted octanol–water partition coefficient (Wildman–Crippen LogP) is 1.84. The second-order valence-corrected chi connectivity index (χ2v) is 2.55. The number of aromatic nitrogens is 2. The van der Waals surface area contributed by atoms with Gasteiger partial charge in [-0.1, -0.05) is 12.2 Å². The lowest BCUT2D eigenvalue weighted by atomic mass is 10.2. The number of nitrogens with one attached hydrogen (secondary N) is 1. The highest BCUT2D eigenvalue weighted by Crippen LogP contribution is 2.03. The van der Waals surface area contributed by atoms with Crippen molar-refractivity contribution in [2.45, 2.75) is 13.8 Å². The van der Waals surface area contributed by atoms with Crippen LogP contribution in [0.5, 0.6) is 0 Å². The fraction of sp³-hybridized carbons (Fsp3) is 0.200. The van der Waals surface area contributed by atoms with Crippen LogP contribution in [0.15, 0.2) is 23.1 Å². The minimum absolute atomic E-state index is 0.179. The molecular weight excluding hydrogens is 164 g/mol. The molecule has 0 atom stereocenters. The lowest BCUT2D eigenvalue weighted by Gasteiger charge is -1.97. The second-order valence-electron chi connectivity index (χ2n) is 2.55. The number of H-pyrrole nitrogens is 1. The number of hydrogen-bond acceptors (Lipinski definition) is 2. The van der Waals surface area contributed by atoms with E-state index < -0.39 is 0 Å². The number of hydrogen-bond donors (Lipinski definition) is 1. The molecule has 0 amide bonds. The minimum atomic E-state index is -0.179. The molecule has 1 heterocycles. The van der Waals surface area contributed by atoms with Crippen LogP contribution in [0.4, 0.5) is 0 Å². The predicted molar refractivity (Wildman–Crippen MR) is 54.3 cm³/mol. The Morgan fingerprint density at radius 1 is 1.31 bits per heavy atom. The molecule has 1 rings (SSSR count). The van der Waals surface area contributed by atoms with Crippen LogP contribution < -0.4 is 5.56 Å². The van der Waals surface area contributed by atoms with Gasteiger partial charge < -0.3 is 4.98 Å². The van der Waals surface area contributed by atoms with Gasteiger partial charge in [0.1, 0.15) is 0 Å². The molecule has 0 bridgehead atoms. The summed E-state index contributed by atoms with van der Waals surface area (Å²) in [5, 5.41) is 0. The number of allylic oxidation sites excluding steroid dienone is 2. The lowest BCUT2D eigenvalue weighted by molar-refractivity contribution is 1.10. The summed E-state index contributed by atoms with van der Waals surface area (Å²) in [6, 6.07) is 0. The molecule has 0 aliphatic heterocycles. The Kier molecular flexibility index (Phi) is 3.20. The van der Waals surface area contributed by atoms with Gasteiger partial charge in [0.25, 0.3) is 5.56 Å². The Morgan fingerprint density at radius 3 is 2.62 bits per heavy atom. The summed E-state index contributed by atoms with van der Waals surface area (Å²) in [6.45, 7) is 3.80. The SMILES string of the molecule is C/C=C\c1ncc(=O)[nH]c1/C=C\C. The first-order chi connectivity index (χ1) is 6.27. The summed E-state index contributed by atoms with van der Waals surface area (Å²) in [6.07, 6.45) is 8.70. The van der Waals surface area contributed by atoms with Gasteiger partial charge in [-0.05, 0) is 26.0 Å². The molecule has 68 valence electrons. The maximum atomic E-state index is 10.9. The fourth-order valence-corrected chi connectivity index (χ4v) is 1.01. The maximum Gasteiger partial charge on any atom is 0.266 e. The Balaban J connectivity index is 3.26. The van der Waals surface area contributed by atoms with Gasteiger partial charge in [0.2, 0.25) is 0 Å². The molecule has 0 radical (unpaired) electrons. The molecule has 0 aliphatic rings. The number of nitrogens with zero attached hydrogens (tertiary/aromatic N) is 1. The van der Waals surface area contributed by atoms with E-state index in [-0.39, 0.29) is 5.56 Å². The molecule has 0 aliphatic carbocycles. The molecule has 1 aromatic rings. The highest BCUT2D eigenvalue weighted by Gasteiger charge is 1.96. The van der Waals surface area contributed by atoms with Crippen molar-refractivity contribution in [1.29, 1.82) is 0 Å². The van der Waals surface area contributed by atoms with Crippen LogP contribution >= 0.6 is 0 Å². The zero-order valence-corrected chi connectivity index (χ0v) is 7.74. The highest BCUT2D eigenvalue weighted by atomic mass is 16.1. The maximum absolute atomic E-state index is 10.9. The van der Waals surface area contributed by atoms with Gasteiger partial charge in [0.05, 0.1) is 17.6 Å². The van der Waals surface area contributed by atoms with Gasteiger partial charge >= 0.3 is 0 Å². The molecule has 3 heteroatoms. The van der Waals surface area contributed by atoms with E-state index in [4.69, 9.17) is 0 Å². The molecule has 0 fully saturated rings. The Bertz CT molecular complexity index is 388. The Labute approximate surface area is 76.8 Å². The molecule has 0 spiro atoms. The molecule has 1 N–H and O–H groups in total. The van der Waals surface area contributed by atoms with Gasteiger partial charge in [0.15, 0.2) is 0 Å². The topological polar surface area (TPSA) is 45.8 Å². The van der Waals surface area contributed by atoms with Gasteiger partial charge in [-0.3, -0.25) is 4.79 Å². The average Bonchev–Trinajstić information content (AvgIpc) is 2.10. The van der Waals surface area contributed by atoms with E-state index in [1.165, 1.54) is 6.20 Å². The summed E-state index contributed by atoms with van der Waals surface area (Å²) >= 11 is 0. The van der Waals surface area contributed by atoms with Crippen molar-refractivity contribution in [1.82, 2.24) is 9.97 Å². The van der Waals surface area contributed by atoms with Crippen LogP contribution in [0, 0.1) is 0 Å². The zero-order chi connectivity index (χ0) is 9.68. The van der Waals surface area contributed by atoms with Crippen molar-refractivity contribution in [2.75, 3.05) is 0 Å². The molecule has 0 unspecified atom stereocenters. The van der Waals surface area contributed by atoms with Crippen LogP contribution in [-0.2, 0) is 0 Å². The van der Waals surface area contributed by atoms with Gasteiger partial charge in [-0.15, -0.1) is 0 Å². The summed E-state index contributed by atoms with van der Waals surface area (Å²) in [5.74, 6) is 0. The average molecular weight is 176 g/mol. The van der Waals surface area contributed by atoms with Gasteiger partial charge in [-0.2, -0.15) is 0 Å². The Hall–Kier alpha value is -1.64. The van der Waals surface area contributed by atoms with Crippen LogP contribution in [0.2, 0.25) is 0 Å². The first-order valence-corrected chi connectivity index (χ1v) is 4.12. The molecule has 3 nitrogen and oxygen atoms in total. The standard InChI is InChI=1S/C10H12N2O/c1-3-5-8-9(6-4-2)12-10(13)7-11-8/h3-7H,1-2H3,(H,12,13)/b5-3-,6-4-. The first kappa shape index (κ1) is 9.45. The third-order valence-electron chi connectivity index (χ3n) is 1.51. The van der Waals surface area contributed by atoms with Crippen LogP contribution in [0.1, 0.15) is 25.2 Å². The molecule has 13 heavy (non-hydrogen) atoms. The Morgan fingerprint density at radius 2 is 2.00 bits per heavy atom. The monoisotopic (exact) mass is 176 g/mol. The highest BCUT2D eigenvalue weighted by molar-refractivity contribution is 5.58. The zero-order valence-electron chi connectivity index (χ0n) is 7.74. The molecule has 0 saturated carbocycles. The smallest absolute Gasteiger partial charge is 0.266 e. The second kappa shape index (κ2) is 4.40. The van der Waals surface area contributed by atoms with Crippen molar-refractivity contribution in [3.8, 4) is 0 Å². The number of aromatic amines is 1. The van der Waals surface area contributed by atoms with E-state index in [0.717, 1.165) is 11.4 Å². The molecule has 0 aromatic carbocycles. The molecule has 0 saturated heterocycles. The lowest BCUT2D eigenvalue weighted by Crippen LogP contribution is -2.08. The molecular formula is C10H12N2O. The van der Waals surface area contributed by atoms with E-state index >= 15 is 0 Å². The molecule has 1 aromatic heterocycles. The van der Waals surface area contributed by atoms with Crippen LogP contribution in [0.3, 0.4) is 0 Å². The van der Waals surface area contributed by atoms with Crippen molar-refractivity contribution in [2.24, 2.45) is 0 Å². The van der Waals surface area contributed by atoms with E-state index in [1.54, 1.807) is 0 Å². The van der Waals surface area contributed by atoms with Crippen LogP contribution in [-0.4, -0.2) is 9.97 Å². The van der Waals surface area contributed by atoms with E-state index in [0.29, 0.717) is 0 Å². The normalized spacial score (nSPS) is 11.5. The summed E-state index contributed by atoms with van der Waals surface area (Å²) in [7, 11) is 0. The minimum Gasteiger partial charge on any atom is -0.319 e. The van der Waals surface area contributed by atoms with Gasteiger partial charge in [-0.25, -0.2) is 4.98 Å². The largest absolute Gasteiger partial charge is 0.319 e. The van der Waals surface area contributed by atoms with Gasteiger partial charge in [0, 0.05) is 0 Å². The third-order valence-corrected chi connectivity index (χ3v) is 1.51. The van der Waals surface area contributed by atoms with Crippen molar-refractivity contribution in [3.63, 3.8) is 0 Å². The van der Waals surface area contributed by atoms with Crippen molar-refractivity contribution >= 4 is 12.2 Å². The third kappa shape index (κ3) is 2.40. The number of rotatable bonds is 2. The fourth-order valence-electron chi connectivity index (χ4n) is 1.01. The van der Waals surface area contributed by atoms with Crippen LogP contribution in [0.25, 0.3) is 12.2 Å². The first-order valence-electron chi connectivity index (χ1n) is 4.12. The summed E-state index contributed by atoms with van der Waals surface area (Å²) in [4.78, 5) is 17.7. The summed E-state index contributed by atoms with van der Waals surface area (Å²) < 4.78 is 0. The van der Waals surface area contributed by atoms with E-state index in [2.05, 4.69) is 9.97 Å². The summed E-state index contributed by atoms with van der Waals surface area (Å²) in [5.41, 5.74) is 1.34. The van der Waals surface area contributed by atoms with Crippen molar-refractivity contribution < 1.29 is 0 Å². The van der Waals surface area contributed by atoms with Crippen molar-refractivity contribution in [3.05, 3.63) is 40.1 Å². The quantitative estimate of drug-likeness (QED) is 0.747. The van der Waals surface area contributed by atoms with E-state index in [9.17, 15) is 4.79 Å².